The van der Waals surface area contributed by atoms with Crippen LogP contribution in [0.3, 0.4) is 0 Å². The maximum Gasteiger partial charge on any atom is 0.251 e. The summed E-state index contributed by atoms with van der Waals surface area (Å²) in [5.41, 5.74) is 2.58. The molecule has 2 aromatic carbocycles. The van der Waals surface area contributed by atoms with Crippen LogP contribution in [0.15, 0.2) is 64.9 Å². The minimum Gasteiger partial charge on any atom is -0.349 e. The molecule has 2 amide bonds. The summed E-state index contributed by atoms with van der Waals surface area (Å²) in [6, 6.07) is 17.4. The van der Waals surface area contributed by atoms with Gasteiger partial charge in [0.05, 0.1) is 17.2 Å². The summed E-state index contributed by atoms with van der Waals surface area (Å²) in [6.45, 7) is 3.96. The minimum atomic E-state index is -0.0399. The molecule has 3 aromatic rings. The second kappa shape index (κ2) is 11.4. The van der Waals surface area contributed by atoms with Gasteiger partial charge in [-0.2, -0.15) is 0 Å². The molecule has 2 heterocycles. The van der Waals surface area contributed by atoms with Crippen molar-refractivity contribution in [3.8, 4) is 0 Å². The van der Waals surface area contributed by atoms with Crippen molar-refractivity contribution in [3.05, 3.63) is 76.2 Å². The van der Waals surface area contributed by atoms with Crippen molar-refractivity contribution in [2.45, 2.75) is 36.5 Å². The number of para-hydroxylation sites is 1. The number of aromatic nitrogens is 1. The molecule has 172 valence electrons. The van der Waals surface area contributed by atoms with Crippen LogP contribution in [0.25, 0.3) is 0 Å². The van der Waals surface area contributed by atoms with Crippen LogP contribution in [0.1, 0.15) is 33.9 Å². The van der Waals surface area contributed by atoms with E-state index >= 15 is 0 Å². The molecule has 6 nitrogen and oxygen atoms in total. The van der Waals surface area contributed by atoms with Gasteiger partial charge in [-0.15, -0.1) is 23.1 Å². The quantitative estimate of drug-likeness (QED) is 0.462. The van der Waals surface area contributed by atoms with E-state index < -0.39 is 0 Å². The molecule has 0 bridgehead atoms. The van der Waals surface area contributed by atoms with E-state index in [1.807, 2.05) is 61.5 Å². The predicted molar refractivity (Wildman–Crippen MR) is 135 cm³/mol. The molecule has 0 unspecified atom stereocenters. The maximum absolute atomic E-state index is 12.7. The molecule has 0 saturated carbocycles. The fourth-order valence-electron chi connectivity index (χ4n) is 3.76. The highest BCUT2D eigenvalue weighted by Gasteiger charge is 2.22. The molecule has 0 atom stereocenters. The van der Waals surface area contributed by atoms with E-state index in [-0.39, 0.29) is 17.9 Å². The third kappa shape index (κ3) is 7.15. The van der Waals surface area contributed by atoms with E-state index in [9.17, 15) is 9.59 Å². The molecular formula is C25H28N4O2S2. The smallest absolute Gasteiger partial charge is 0.251 e. The highest BCUT2D eigenvalue weighted by atomic mass is 32.2. The number of nitrogens with zero attached hydrogens (tertiary/aromatic N) is 2. The first-order chi connectivity index (χ1) is 16.0. The molecule has 1 aliphatic heterocycles. The standard InChI is InChI=1S/C25H28N4O2S2/c1-18-26-22(16-32-18)17-33-23-9-7-19(8-10-23)25(31)28-21-11-13-29(14-12-21)15-24(30)27-20-5-3-2-4-6-20/h2-10,16,21H,11-15,17H2,1H3,(H,27,30)(H,28,31). The highest BCUT2D eigenvalue weighted by molar-refractivity contribution is 7.98. The molecule has 1 aromatic heterocycles. The lowest BCUT2D eigenvalue weighted by Gasteiger charge is -2.31. The van der Waals surface area contributed by atoms with Crippen LogP contribution in [0.5, 0.6) is 0 Å². The molecule has 1 aliphatic rings. The number of hydrogen-bond donors (Lipinski definition) is 2. The topological polar surface area (TPSA) is 74.3 Å². The predicted octanol–water partition coefficient (Wildman–Crippen LogP) is 4.58. The lowest BCUT2D eigenvalue weighted by atomic mass is 10.0. The Balaban J connectivity index is 1.18. The Morgan fingerprint density at radius 2 is 1.82 bits per heavy atom. The molecule has 0 radical (unpaired) electrons. The molecule has 0 aliphatic carbocycles. The summed E-state index contributed by atoms with van der Waals surface area (Å²) in [4.78, 5) is 32.7. The third-order valence-electron chi connectivity index (χ3n) is 5.52. The van der Waals surface area contributed by atoms with E-state index in [1.165, 1.54) is 0 Å². The number of amides is 2. The van der Waals surface area contributed by atoms with Crippen LogP contribution in [0.2, 0.25) is 0 Å². The van der Waals surface area contributed by atoms with Gasteiger partial charge < -0.3 is 10.6 Å². The number of nitrogens with one attached hydrogen (secondary N) is 2. The number of anilines is 1. The zero-order chi connectivity index (χ0) is 23.0. The zero-order valence-electron chi connectivity index (χ0n) is 18.6. The molecule has 2 N–H and O–H groups in total. The Kier molecular flexibility index (Phi) is 8.15. The highest BCUT2D eigenvalue weighted by Crippen LogP contribution is 2.24. The number of benzene rings is 2. The molecule has 33 heavy (non-hydrogen) atoms. The number of thiazole rings is 1. The average molecular weight is 481 g/mol. The third-order valence-corrected chi connectivity index (χ3v) is 7.39. The molecule has 8 heteroatoms. The van der Waals surface area contributed by atoms with E-state index in [2.05, 4.69) is 25.9 Å². The number of thioether (sulfide) groups is 1. The number of aryl methyl sites for hydroxylation is 1. The van der Waals surface area contributed by atoms with Crippen LogP contribution in [-0.2, 0) is 10.5 Å². The van der Waals surface area contributed by atoms with Crippen molar-refractivity contribution in [2.75, 3.05) is 25.0 Å². The van der Waals surface area contributed by atoms with Gasteiger partial charge in [0.1, 0.15) is 0 Å². The summed E-state index contributed by atoms with van der Waals surface area (Å²) in [5.74, 6) is 0.783. The summed E-state index contributed by atoms with van der Waals surface area (Å²) in [7, 11) is 0. The average Bonchev–Trinajstić information content (AvgIpc) is 3.25. The van der Waals surface area contributed by atoms with Crippen LogP contribution < -0.4 is 10.6 Å². The van der Waals surface area contributed by atoms with E-state index in [1.54, 1.807) is 23.1 Å². The van der Waals surface area contributed by atoms with Gasteiger partial charge in [-0.3, -0.25) is 14.5 Å². The maximum atomic E-state index is 12.7. The van der Waals surface area contributed by atoms with Gasteiger partial charge >= 0.3 is 0 Å². The first kappa shape index (κ1) is 23.5. The van der Waals surface area contributed by atoms with Crippen LogP contribution in [0, 0.1) is 6.92 Å². The largest absolute Gasteiger partial charge is 0.349 e. The number of carbonyl (C=O) groups is 2. The van der Waals surface area contributed by atoms with Crippen molar-refractivity contribution >= 4 is 40.6 Å². The van der Waals surface area contributed by atoms with Gasteiger partial charge in [0.15, 0.2) is 0 Å². The van der Waals surface area contributed by atoms with Crippen LogP contribution in [0.4, 0.5) is 5.69 Å². The summed E-state index contributed by atoms with van der Waals surface area (Å²) >= 11 is 3.39. The van der Waals surface area contributed by atoms with Gasteiger partial charge in [0.2, 0.25) is 5.91 Å². The molecular weight excluding hydrogens is 452 g/mol. The van der Waals surface area contributed by atoms with Crippen LogP contribution >= 0.6 is 23.1 Å². The van der Waals surface area contributed by atoms with E-state index in [0.29, 0.717) is 12.1 Å². The fourth-order valence-corrected chi connectivity index (χ4v) is 5.27. The van der Waals surface area contributed by atoms with Gasteiger partial charge in [-0.1, -0.05) is 18.2 Å². The van der Waals surface area contributed by atoms with E-state index in [0.717, 1.165) is 53.0 Å². The normalized spacial score (nSPS) is 14.7. The second-order valence-corrected chi connectivity index (χ2v) is 10.2. The molecule has 0 spiro atoms. The molecule has 4 rings (SSSR count). The summed E-state index contributed by atoms with van der Waals surface area (Å²) in [6.07, 6.45) is 1.68. The Hall–Kier alpha value is -2.68. The van der Waals surface area contributed by atoms with Crippen molar-refractivity contribution in [1.82, 2.24) is 15.2 Å². The number of hydrogen-bond acceptors (Lipinski definition) is 6. The number of piperidine rings is 1. The van der Waals surface area contributed by atoms with Crippen molar-refractivity contribution < 1.29 is 9.59 Å². The van der Waals surface area contributed by atoms with Crippen molar-refractivity contribution in [2.24, 2.45) is 0 Å². The van der Waals surface area contributed by atoms with Gasteiger partial charge in [0, 0.05) is 46.4 Å². The SMILES string of the molecule is Cc1nc(CSc2ccc(C(=O)NC3CCN(CC(=O)Nc4ccccc4)CC3)cc2)cs1. The van der Waals surface area contributed by atoms with Crippen molar-refractivity contribution in [3.63, 3.8) is 0 Å². The summed E-state index contributed by atoms with van der Waals surface area (Å²) in [5, 5.41) is 9.24. The molecule has 1 saturated heterocycles. The fraction of sp³-hybridized carbons (Fsp3) is 0.320. The first-order valence-corrected chi connectivity index (χ1v) is 12.9. The lowest BCUT2D eigenvalue weighted by molar-refractivity contribution is -0.117. The number of rotatable bonds is 8. The van der Waals surface area contributed by atoms with Gasteiger partial charge in [-0.05, 0) is 56.2 Å². The number of likely N-dealkylation sites (tertiary alicyclic amines) is 1. The minimum absolute atomic E-state index is 0.00782. The van der Waals surface area contributed by atoms with E-state index in [4.69, 9.17) is 0 Å². The Labute approximate surface area is 202 Å². The van der Waals surface area contributed by atoms with Crippen molar-refractivity contribution in [1.29, 1.82) is 0 Å². The van der Waals surface area contributed by atoms with Crippen LogP contribution in [-0.4, -0.2) is 47.4 Å². The van der Waals surface area contributed by atoms with Gasteiger partial charge in [0.25, 0.3) is 5.91 Å². The monoisotopic (exact) mass is 480 g/mol. The summed E-state index contributed by atoms with van der Waals surface area (Å²) < 4.78 is 0. The first-order valence-electron chi connectivity index (χ1n) is 11.1. The Morgan fingerprint density at radius 3 is 2.48 bits per heavy atom. The second-order valence-electron chi connectivity index (χ2n) is 8.11. The Morgan fingerprint density at radius 1 is 1.09 bits per heavy atom. The molecule has 1 fully saturated rings. The Bertz CT molecular complexity index is 1060. The van der Waals surface area contributed by atoms with Gasteiger partial charge in [-0.25, -0.2) is 4.98 Å². The lowest BCUT2D eigenvalue weighted by Crippen LogP contribution is -2.46. The zero-order valence-corrected chi connectivity index (χ0v) is 20.3. The number of carbonyl (C=O) groups excluding carboxylic acids is 2.